The second kappa shape index (κ2) is 10.0. The van der Waals surface area contributed by atoms with E-state index in [1.807, 2.05) is 0 Å². The highest BCUT2D eigenvalue weighted by molar-refractivity contribution is 5.87. The number of fused-ring (bicyclic) bond motifs is 2. The molecule has 0 saturated carbocycles. The highest BCUT2D eigenvalue weighted by atomic mass is 19.1. The highest BCUT2D eigenvalue weighted by Crippen LogP contribution is 2.37. The van der Waals surface area contributed by atoms with Crippen LogP contribution in [0.4, 0.5) is 4.39 Å². The van der Waals surface area contributed by atoms with Crippen molar-refractivity contribution in [2.24, 2.45) is 13.0 Å². The number of nitrogens with zero attached hydrogens (tertiary/aromatic N) is 6. The standard InChI is InChI=1S/C29H27FN6O3/c1-3-35-10-4-5-19(15-35)16-38-28-24-14-32-17-36(24)27(26(33-28)20-8-6-18(13-31)7-9-20)21-11-25-23(12-22(21)30)34(2)29(37)39-25/h6-9,11-12,14,17,19H,3-5,10,15-16H2,1-2H3/t19-/m1/s1. The maximum Gasteiger partial charge on any atom is 0.419 e. The molecule has 0 unspecified atom stereocenters. The van der Waals surface area contributed by atoms with Crippen molar-refractivity contribution in [2.45, 2.75) is 19.8 Å². The molecule has 0 radical (unpaired) electrons. The van der Waals surface area contributed by atoms with Crippen LogP contribution in [-0.2, 0) is 7.05 Å². The molecule has 5 aromatic rings. The Balaban J connectivity index is 1.51. The van der Waals surface area contributed by atoms with E-state index in [1.54, 1.807) is 41.2 Å². The predicted octanol–water partition coefficient (Wildman–Crippen LogP) is 4.63. The number of rotatable bonds is 6. The largest absolute Gasteiger partial charge is 0.476 e. The Bertz CT molecular complexity index is 1780. The minimum atomic E-state index is -0.576. The SMILES string of the molecule is CCN1CCC[C@@H](COc2nc(-c3ccc(C#N)cc3)c(-c3cc4oc(=O)n(C)c4cc3F)n3cncc23)C1. The van der Waals surface area contributed by atoms with Gasteiger partial charge in [-0.1, -0.05) is 19.1 Å². The van der Waals surface area contributed by atoms with Crippen LogP contribution < -0.4 is 10.5 Å². The van der Waals surface area contributed by atoms with Crippen LogP contribution in [0.25, 0.3) is 39.1 Å². The summed E-state index contributed by atoms with van der Waals surface area (Å²) < 4.78 is 30.4. The molecule has 1 aliphatic heterocycles. The fourth-order valence-corrected chi connectivity index (χ4v) is 5.33. The Morgan fingerprint density at radius 2 is 2.05 bits per heavy atom. The fraction of sp³-hybridized carbons (Fsp3) is 0.310. The Morgan fingerprint density at radius 1 is 1.23 bits per heavy atom. The molecule has 0 spiro atoms. The number of hydrogen-bond acceptors (Lipinski definition) is 7. The van der Waals surface area contributed by atoms with Crippen molar-refractivity contribution in [3.8, 4) is 34.5 Å². The summed E-state index contributed by atoms with van der Waals surface area (Å²) in [5.41, 5.74) is 3.46. The van der Waals surface area contributed by atoms with Crippen molar-refractivity contribution < 1.29 is 13.5 Å². The van der Waals surface area contributed by atoms with Crippen molar-refractivity contribution >= 4 is 16.6 Å². The van der Waals surface area contributed by atoms with Crippen molar-refractivity contribution in [1.29, 1.82) is 5.26 Å². The summed E-state index contributed by atoms with van der Waals surface area (Å²) in [6.45, 7) is 5.76. The van der Waals surface area contributed by atoms with Crippen molar-refractivity contribution in [3.63, 3.8) is 0 Å². The first-order valence-corrected chi connectivity index (χ1v) is 13.0. The molecule has 1 aliphatic rings. The van der Waals surface area contributed by atoms with E-state index in [-0.39, 0.29) is 11.1 Å². The first kappa shape index (κ1) is 24.8. The first-order chi connectivity index (χ1) is 19.0. The molecule has 0 bridgehead atoms. The van der Waals surface area contributed by atoms with Crippen LogP contribution in [0.3, 0.4) is 0 Å². The van der Waals surface area contributed by atoms with E-state index in [1.165, 1.54) is 23.7 Å². The second-order valence-corrected chi connectivity index (χ2v) is 9.89. The average Bonchev–Trinajstić information content (AvgIpc) is 3.56. The zero-order valence-corrected chi connectivity index (χ0v) is 21.7. The van der Waals surface area contributed by atoms with Crippen LogP contribution in [0.1, 0.15) is 25.3 Å². The van der Waals surface area contributed by atoms with Gasteiger partial charge in [0.25, 0.3) is 0 Å². The van der Waals surface area contributed by atoms with E-state index >= 15 is 4.39 Å². The van der Waals surface area contributed by atoms with E-state index < -0.39 is 11.6 Å². The molecular formula is C29H27FN6O3. The summed E-state index contributed by atoms with van der Waals surface area (Å²) in [6.07, 6.45) is 5.45. The van der Waals surface area contributed by atoms with Gasteiger partial charge in [0.2, 0.25) is 5.88 Å². The van der Waals surface area contributed by atoms with Gasteiger partial charge in [-0.2, -0.15) is 5.26 Å². The normalized spacial score (nSPS) is 16.1. The third kappa shape index (κ3) is 4.45. The van der Waals surface area contributed by atoms with Crippen LogP contribution in [-0.4, -0.2) is 50.1 Å². The minimum absolute atomic E-state index is 0.198. The monoisotopic (exact) mass is 526 g/mol. The van der Waals surface area contributed by atoms with Gasteiger partial charge in [0.1, 0.15) is 11.3 Å². The molecule has 10 heteroatoms. The molecule has 1 atom stereocenters. The molecule has 2 aromatic carbocycles. The predicted molar refractivity (Wildman–Crippen MR) is 144 cm³/mol. The number of imidazole rings is 1. The summed E-state index contributed by atoms with van der Waals surface area (Å²) in [7, 11) is 1.53. The van der Waals surface area contributed by atoms with Gasteiger partial charge in [-0.15, -0.1) is 0 Å². The number of oxazole rings is 1. The molecular weight excluding hydrogens is 499 g/mol. The van der Waals surface area contributed by atoms with Crippen molar-refractivity contribution in [3.05, 3.63) is 70.9 Å². The third-order valence-electron chi connectivity index (χ3n) is 7.47. The summed E-state index contributed by atoms with van der Waals surface area (Å²) in [5, 5.41) is 9.29. The summed E-state index contributed by atoms with van der Waals surface area (Å²) in [5.74, 6) is -0.340. The lowest BCUT2D eigenvalue weighted by atomic mass is 9.99. The topological polar surface area (TPSA) is 102 Å². The molecule has 4 heterocycles. The van der Waals surface area contributed by atoms with E-state index in [4.69, 9.17) is 14.1 Å². The van der Waals surface area contributed by atoms with Gasteiger partial charge >= 0.3 is 5.76 Å². The third-order valence-corrected chi connectivity index (χ3v) is 7.47. The molecule has 0 amide bonds. The van der Waals surface area contributed by atoms with Crippen LogP contribution >= 0.6 is 0 Å². The molecule has 6 rings (SSSR count). The number of piperidine rings is 1. The van der Waals surface area contributed by atoms with E-state index in [0.29, 0.717) is 52.0 Å². The maximum atomic E-state index is 15.7. The van der Waals surface area contributed by atoms with Gasteiger partial charge in [-0.25, -0.2) is 19.2 Å². The van der Waals surface area contributed by atoms with Gasteiger partial charge in [-0.05, 0) is 44.1 Å². The molecule has 3 aromatic heterocycles. The van der Waals surface area contributed by atoms with Crippen LogP contribution in [0.2, 0.25) is 0 Å². The van der Waals surface area contributed by atoms with Crippen LogP contribution in [0, 0.1) is 23.1 Å². The first-order valence-electron chi connectivity index (χ1n) is 13.0. The fourth-order valence-electron chi connectivity index (χ4n) is 5.33. The summed E-state index contributed by atoms with van der Waals surface area (Å²) >= 11 is 0. The minimum Gasteiger partial charge on any atom is -0.476 e. The molecule has 0 N–H and O–H groups in total. The Hall–Kier alpha value is -4.49. The van der Waals surface area contributed by atoms with Gasteiger partial charge in [0.05, 0.1) is 47.7 Å². The van der Waals surface area contributed by atoms with Gasteiger partial charge in [0, 0.05) is 36.7 Å². The summed E-state index contributed by atoms with van der Waals surface area (Å²) in [4.78, 5) is 23.8. The van der Waals surface area contributed by atoms with Crippen LogP contribution in [0.5, 0.6) is 5.88 Å². The lowest BCUT2D eigenvalue weighted by molar-refractivity contribution is 0.133. The zero-order chi connectivity index (χ0) is 27.1. The van der Waals surface area contributed by atoms with E-state index in [9.17, 15) is 10.1 Å². The van der Waals surface area contributed by atoms with Crippen LogP contribution in [0.15, 0.2) is 58.1 Å². The average molecular weight is 527 g/mol. The highest BCUT2D eigenvalue weighted by Gasteiger charge is 2.24. The number of ether oxygens (including phenoxy) is 1. The number of likely N-dealkylation sites (tertiary alicyclic amines) is 1. The van der Waals surface area contributed by atoms with Gasteiger partial charge in [-0.3, -0.25) is 8.97 Å². The smallest absolute Gasteiger partial charge is 0.419 e. The molecule has 1 fully saturated rings. The Kier molecular flexibility index (Phi) is 6.37. The summed E-state index contributed by atoms with van der Waals surface area (Å²) in [6, 6.07) is 11.8. The lowest BCUT2D eigenvalue weighted by Crippen LogP contribution is -2.37. The van der Waals surface area contributed by atoms with Crippen molar-refractivity contribution in [2.75, 3.05) is 26.2 Å². The number of hydrogen-bond donors (Lipinski definition) is 0. The Labute approximate surface area is 223 Å². The molecule has 39 heavy (non-hydrogen) atoms. The molecule has 198 valence electrons. The van der Waals surface area contributed by atoms with Crippen molar-refractivity contribution in [1.82, 2.24) is 23.8 Å². The zero-order valence-electron chi connectivity index (χ0n) is 21.7. The maximum absolute atomic E-state index is 15.7. The number of aromatic nitrogens is 4. The number of benzene rings is 2. The number of nitriles is 1. The number of aryl methyl sites for hydroxylation is 1. The molecule has 1 saturated heterocycles. The second-order valence-electron chi connectivity index (χ2n) is 9.89. The Morgan fingerprint density at radius 3 is 2.82 bits per heavy atom. The van der Waals surface area contributed by atoms with E-state index in [0.717, 1.165) is 32.5 Å². The molecule has 9 nitrogen and oxygen atoms in total. The quantitative estimate of drug-likeness (QED) is 0.318. The van der Waals surface area contributed by atoms with Gasteiger partial charge in [0.15, 0.2) is 5.58 Å². The molecule has 0 aliphatic carbocycles. The number of halogens is 1. The lowest BCUT2D eigenvalue weighted by Gasteiger charge is -2.31. The van der Waals surface area contributed by atoms with Gasteiger partial charge < -0.3 is 14.1 Å². The van der Waals surface area contributed by atoms with E-state index in [2.05, 4.69) is 22.9 Å².